The van der Waals surface area contributed by atoms with Gasteiger partial charge in [0.15, 0.2) is 11.7 Å². The molecule has 6 nitrogen and oxygen atoms in total. The summed E-state index contributed by atoms with van der Waals surface area (Å²) in [6.45, 7) is 0.436. The SMILES string of the molecule is N#CC(C(=O)COCCOc1ccccc1)c1nc2ccccc2[nH]1. The Morgan fingerprint density at radius 2 is 1.88 bits per heavy atom. The number of imidazole rings is 1. The molecule has 126 valence electrons. The third kappa shape index (κ3) is 4.22. The van der Waals surface area contributed by atoms with E-state index in [-0.39, 0.29) is 19.0 Å². The van der Waals surface area contributed by atoms with Gasteiger partial charge in [0, 0.05) is 0 Å². The summed E-state index contributed by atoms with van der Waals surface area (Å²) in [4.78, 5) is 19.6. The topological polar surface area (TPSA) is 88.0 Å². The van der Waals surface area contributed by atoms with Gasteiger partial charge in [0.05, 0.1) is 23.7 Å². The predicted molar refractivity (Wildman–Crippen MR) is 92.2 cm³/mol. The van der Waals surface area contributed by atoms with Gasteiger partial charge in [0.25, 0.3) is 0 Å². The van der Waals surface area contributed by atoms with Gasteiger partial charge >= 0.3 is 0 Å². The van der Waals surface area contributed by atoms with E-state index in [4.69, 9.17) is 9.47 Å². The molecule has 0 amide bonds. The van der Waals surface area contributed by atoms with Gasteiger partial charge < -0.3 is 14.5 Å². The molecule has 1 atom stereocenters. The summed E-state index contributed by atoms with van der Waals surface area (Å²) in [5, 5.41) is 9.32. The molecule has 0 radical (unpaired) electrons. The van der Waals surface area contributed by atoms with E-state index in [0.717, 1.165) is 16.8 Å². The summed E-state index contributed by atoms with van der Waals surface area (Å²) >= 11 is 0. The molecule has 0 aliphatic heterocycles. The van der Waals surface area contributed by atoms with E-state index in [9.17, 15) is 10.1 Å². The lowest BCUT2D eigenvalue weighted by molar-refractivity contribution is -0.124. The van der Waals surface area contributed by atoms with Crippen LogP contribution in [0.15, 0.2) is 54.6 Å². The van der Waals surface area contributed by atoms with Crippen LogP contribution in [0.2, 0.25) is 0 Å². The molecule has 0 aliphatic carbocycles. The molecule has 0 saturated carbocycles. The quantitative estimate of drug-likeness (QED) is 0.640. The molecule has 6 heteroatoms. The fourth-order valence-electron chi connectivity index (χ4n) is 2.39. The second kappa shape index (κ2) is 8.08. The summed E-state index contributed by atoms with van der Waals surface area (Å²) in [6.07, 6.45) is 0. The Morgan fingerprint density at radius 3 is 2.64 bits per heavy atom. The van der Waals surface area contributed by atoms with Crippen molar-refractivity contribution in [2.75, 3.05) is 19.8 Å². The molecule has 0 spiro atoms. The zero-order chi connectivity index (χ0) is 17.5. The lowest BCUT2D eigenvalue weighted by atomic mass is 10.1. The van der Waals surface area contributed by atoms with Crippen LogP contribution in [0.3, 0.4) is 0 Å². The fourth-order valence-corrected chi connectivity index (χ4v) is 2.39. The molecule has 3 rings (SSSR count). The maximum atomic E-state index is 12.2. The monoisotopic (exact) mass is 335 g/mol. The lowest BCUT2D eigenvalue weighted by Crippen LogP contribution is -2.20. The lowest BCUT2D eigenvalue weighted by Gasteiger charge is -2.08. The third-order valence-corrected chi connectivity index (χ3v) is 3.62. The molecule has 1 N–H and O–H groups in total. The Labute approximate surface area is 145 Å². The summed E-state index contributed by atoms with van der Waals surface area (Å²) in [5.41, 5.74) is 1.52. The molecule has 0 aliphatic rings. The van der Waals surface area contributed by atoms with E-state index < -0.39 is 5.92 Å². The van der Waals surface area contributed by atoms with Crippen LogP contribution < -0.4 is 4.74 Å². The number of carbonyl (C=O) groups is 1. The Morgan fingerprint density at radius 1 is 1.12 bits per heavy atom. The number of nitrogens with zero attached hydrogens (tertiary/aromatic N) is 2. The molecule has 2 aromatic carbocycles. The average Bonchev–Trinajstić information content (AvgIpc) is 3.06. The smallest absolute Gasteiger partial charge is 0.183 e. The molecule has 1 aromatic heterocycles. The first-order valence-corrected chi connectivity index (χ1v) is 7.90. The van der Waals surface area contributed by atoms with Gasteiger partial charge in [0.1, 0.15) is 24.8 Å². The van der Waals surface area contributed by atoms with Crippen LogP contribution in [0.5, 0.6) is 5.75 Å². The molecular formula is C19H17N3O3. The highest BCUT2D eigenvalue weighted by atomic mass is 16.5. The van der Waals surface area contributed by atoms with Crippen molar-refractivity contribution in [2.45, 2.75) is 5.92 Å². The molecule has 0 saturated heterocycles. The van der Waals surface area contributed by atoms with Crippen LogP contribution in [0.1, 0.15) is 11.7 Å². The van der Waals surface area contributed by atoms with Crippen LogP contribution in [0, 0.1) is 11.3 Å². The van der Waals surface area contributed by atoms with Crippen LogP contribution in [0.25, 0.3) is 11.0 Å². The number of benzene rings is 2. The number of nitrogens with one attached hydrogen (secondary N) is 1. The van der Waals surface area contributed by atoms with Gasteiger partial charge in [-0.05, 0) is 24.3 Å². The van der Waals surface area contributed by atoms with E-state index in [1.165, 1.54) is 0 Å². The number of hydrogen-bond acceptors (Lipinski definition) is 5. The van der Waals surface area contributed by atoms with Crippen molar-refractivity contribution >= 4 is 16.8 Å². The number of fused-ring (bicyclic) bond motifs is 1. The van der Waals surface area contributed by atoms with Gasteiger partial charge in [0.2, 0.25) is 0 Å². The highest BCUT2D eigenvalue weighted by Crippen LogP contribution is 2.18. The largest absolute Gasteiger partial charge is 0.491 e. The summed E-state index contributed by atoms with van der Waals surface area (Å²) in [5.74, 6) is -0.212. The Bertz CT molecular complexity index is 851. The van der Waals surface area contributed by atoms with Crippen molar-refractivity contribution in [3.8, 4) is 11.8 Å². The molecule has 1 heterocycles. The first kappa shape index (κ1) is 16.7. The highest BCUT2D eigenvalue weighted by molar-refractivity contribution is 5.89. The van der Waals surface area contributed by atoms with Gasteiger partial charge in [-0.15, -0.1) is 0 Å². The second-order valence-corrected chi connectivity index (χ2v) is 5.38. The Kier molecular flexibility index (Phi) is 5.39. The van der Waals surface area contributed by atoms with Crippen molar-refractivity contribution in [1.82, 2.24) is 9.97 Å². The zero-order valence-corrected chi connectivity index (χ0v) is 13.5. The predicted octanol–water partition coefficient (Wildman–Crippen LogP) is 2.83. The maximum Gasteiger partial charge on any atom is 0.183 e. The maximum absolute atomic E-state index is 12.2. The number of aromatic amines is 1. The van der Waals surface area contributed by atoms with E-state index in [1.54, 1.807) is 0 Å². The second-order valence-electron chi connectivity index (χ2n) is 5.38. The van der Waals surface area contributed by atoms with Crippen LogP contribution in [-0.4, -0.2) is 35.6 Å². The number of aromatic nitrogens is 2. The molecule has 1 unspecified atom stereocenters. The van der Waals surface area contributed by atoms with Gasteiger partial charge in [-0.2, -0.15) is 5.26 Å². The Balaban J connectivity index is 1.50. The first-order chi connectivity index (χ1) is 12.3. The average molecular weight is 335 g/mol. The summed E-state index contributed by atoms with van der Waals surface area (Å²) < 4.78 is 10.8. The minimum atomic E-state index is -0.970. The summed E-state index contributed by atoms with van der Waals surface area (Å²) in [7, 11) is 0. The third-order valence-electron chi connectivity index (χ3n) is 3.62. The van der Waals surface area contributed by atoms with Crippen molar-refractivity contribution in [1.29, 1.82) is 5.26 Å². The number of H-pyrrole nitrogens is 1. The fraction of sp³-hybridized carbons (Fsp3) is 0.211. The normalized spacial score (nSPS) is 11.8. The minimum absolute atomic E-state index is 0.159. The molecule has 0 fully saturated rings. The van der Waals surface area contributed by atoms with Gasteiger partial charge in [-0.3, -0.25) is 4.79 Å². The van der Waals surface area contributed by atoms with Crippen molar-refractivity contribution in [3.63, 3.8) is 0 Å². The molecule has 0 bridgehead atoms. The number of para-hydroxylation sites is 3. The Hall–Kier alpha value is -3.17. The van der Waals surface area contributed by atoms with E-state index >= 15 is 0 Å². The summed E-state index contributed by atoms with van der Waals surface area (Å²) in [6, 6.07) is 18.7. The van der Waals surface area contributed by atoms with E-state index in [0.29, 0.717) is 12.4 Å². The van der Waals surface area contributed by atoms with Gasteiger partial charge in [-0.25, -0.2) is 4.98 Å². The number of ketones is 1. The highest BCUT2D eigenvalue weighted by Gasteiger charge is 2.23. The minimum Gasteiger partial charge on any atom is -0.491 e. The molecule has 25 heavy (non-hydrogen) atoms. The van der Waals surface area contributed by atoms with Crippen molar-refractivity contribution in [2.24, 2.45) is 0 Å². The number of hydrogen-bond donors (Lipinski definition) is 1. The van der Waals surface area contributed by atoms with E-state index in [1.807, 2.05) is 60.7 Å². The number of nitriles is 1. The van der Waals surface area contributed by atoms with Crippen LogP contribution >= 0.6 is 0 Å². The van der Waals surface area contributed by atoms with Crippen molar-refractivity contribution in [3.05, 3.63) is 60.4 Å². The molecular weight excluding hydrogens is 318 g/mol. The van der Waals surface area contributed by atoms with Crippen LogP contribution in [-0.2, 0) is 9.53 Å². The molecule has 3 aromatic rings. The number of rotatable bonds is 8. The number of carbonyl (C=O) groups excluding carboxylic acids is 1. The van der Waals surface area contributed by atoms with Gasteiger partial charge in [-0.1, -0.05) is 30.3 Å². The standard InChI is InChI=1S/C19H17N3O3/c20-12-15(19-21-16-8-4-5-9-17(16)22-19)18(23)13-24-10-11-25-14-6-2-1-3-7-14/h1-9,15H,10-11,13H2,(H,21,22). The number of ether oxygens (including phenoxy) is 2. The first-order valence-electron chi connectivity index (χ1n) is 7.90. The van der Waals surface area contributed by atoms with Crippen molar-refractivity contribution < 1.29 is 14.3 Å². The zero-order valence-electron chi connectivity index (χ0n) is 13.5. The van der Waals surface area contributed by atoms with E-state index in [2.05, 4.69) is 9.97 Å². The number of Topliss-reactive ketones (excluding diaryl/α,β-unsaturated/α-hetero) is 1. The van der Waals surface area contributed by atoms with Crippen LogP contribution in [0.4, 0.5) is 0 Å².